The maximum atomic E-state index is 13.2. The minimum Gasteiger partial charge on any atom is -0.460 e. The SMILES string of the molecule is CC[C@H](N)C(=O)OC(C)OC(=O)N1CCC(OC(=O)C(O)(c2ccccc2)c2ccccc2)CC1. The predicted octanol–water partition coefficient (Wildman–Crippen LogP) is 2.69. The van der Waals surface area contributed by atoms with Gasteiger partial charge in [0.25, 0.3) is 0 Å². The maximum absolute atomic E-state index is 13.2. The molecule has 188 valence electrons. The number of carbonyl (C=O) groups is 3. The first-order chi connectivity index (χ1) is 16.8. The summed E-state index contributed by atoms with van der Waals surface area (Å²) in [6.07, 6.45) is -1.04. The third-order valence-electron chi connectivity index (χ3n) is 5.94. The number of ether oxygens (including phenoxy) is 3. The molecule has 3 N–H and O–H groups in total. The quantitative estimate of drug-likeness (QED) is 0.432. The number of benzene rings is 2. The van der Waals surface area contributed by atoms with Crippen LogP contribution >= 0.6 is 0 Å². The Kier molecular flexibility index (Phi) is 8.84. The number of piperidine rings is 1. The molecule has 9 nitrogen and oxygen atoms in total. The first-order valence-corrected chi connectivity index (χ1v) is 11.7. The molecule has 35 heavy (non-hydrogen) atoms. The van der Waals surface area contributed by atoms with Gasteiger partial charge < -0.3 is 30.0 Å². The summed E-state index contributed by atoms with van der Waals surface area (Å²) in [4.78, 5) is 38.9. The Hall–Kier alpha value is -3.43. The molecule has 1 amide bonds. The summed E-state index contributed by atoms with van der Waals surface area (Å²) in [7, 11) is 0. The Morgan fingerprint density at radius 2 is 1.51 bits per heavy atom. The van der Waals surface area contributed by atoms with Crippen molar-refractivity contribution in [3.8, 4) is 0 Å². The van der Waals surface area contributed by atoms with E-state index in [0.29, 0.717) is 30.4 Å². The Bertz CT molecular complexity index is 952. The summed E-state index contributed by atoms with van der Waals surface area (Å²) in [6, 6.07) is 16.5. The predicted molar refractivity (Wildman–Crippen MR) is 127 cm³/mol. The van der Waals surface area contributed by atoms with E-state index in [4.69, 9.17) is 19.9 Å². The summed E-state index contributed by atoms with van der Waals surface area (Å²) < 4.78 is 15.9. The standard InChI is InChI=1S/C26H32N2O7/c1-3-22(27)23(29)33-18(2)34-25(31)28-16-14-21(15-17-28)35-24(30)26(32,19-10-6-4-7-11-19)20-12-8-5-9-13-20/h4-13,18,21-22,32H,3,14-17,27H2,1-2H3/t18?,22-/m0/s1. The lowest BCUT2D eigenvalue weighted by Gasteiger charge is -2.34. The summed E-state index contributed by atoms with van der Waals surface area (Å²) in [5.74, 6) is -1.41. The highest BCUT2D eigenvalue weighted by Gasteiger charge is 2.43. The maximum Gasteiger partial charge on any atom is 0.412 e. The molecule has 0 aliphatic carbocycles. The lowest BCUT2D eigenvalue weighted by atomic mass is 9.86. The van der Waals surface area contributed by atoms with Crippen LogP contribution in [0.25, 0.3) is 0 Å². The molecular weight excluding hydrogens is 452 g/mol. The van der Waals surface area contributed by atoms with Crippen molar-refractivity contribution in [2.45, 2.75) is 57.1 Å². The fraction of sp³-hybridized carbons (Fsp3) is 0.423. The number of hydrogen-bond donors (Lipinski definition) is 2. The van der Waals surface area contributed by atoms with Crippen LogP contribution in [0.2, 0.25) is 0 Å². The first-order valence-electron chi connectivity index (χ1n) is 11.7. The van der Waals surface area contributed by atoms with E-state index in [0.717, 1.165) is 0 Å². The molecule has 1 aliphatic heterocycles. The number of amides is 1. The Balaban J connectivity index is 1.58. The minimum atomic E-state index is -1.96. The smallest absolute Gasteiger partial charge is 0.412 e. The molecule has 1 unspecified atom stereocenters. The third kappa shape index (κ3) is 6.37. The van der Waals surface area contributed by atoms with E-state index in [1.165, 1.54) is 11.8 Å². The molecule has 1 saturated heterocycles. The number of likely N-dealkylation sites (tertiary alicyclic amines) is 1. The van der Waals surface area contributed by atoms with Gasteiger partial charge in [0, 0.05) is 32.9 Å². The van der Waals surface area contributed by atoms with E-state index in [2.05, 4.69) is 0 Å². The van der Waals surface area contributed by atoms with Crippen LogP contribution in [0.3, 0.4) is 0 Å². The van der Waals surface area contributed by atoms with E-state index < -0.39 is 42.1 Å². The van der Waals surface area contributed by atoms with Crippen molar-refractivity contribution in [2.75, 3.05) is 13.1 Å². The largest absolute Gasteiger partial charge is 0.460 e. The first kappa shape index (κ1) is 26.2. The Morgan fingerprint density at radius 3 is 2.00 bits per heavy atom. The van der Waals surface area contributed by atoms with Crippen molar-refractivity contribution in [1.29, 1.82) is 0 Å². The van der Waals surface area contributed by atoms with Crippen LogP contribution in [0, 0.1) is 0 Å². The summed E-state index contributed by atoms with van der Waals surface area (Å²) in [5, 5.41) is 11.5. The highest BCUT2D eigenvalue weighted by molar-refractivity contribution is 5.85. The fourth-order valence-electron chi connectivity index (χ4n) is 3.81. The van der Waals surface area contributed by atoms with Gasteiger partial charge in [-0.25, -0.2) is 9.59 Å². The van der Waals surface area contributed by atoms with Gasteiger partial charge in [-0.15, -0.1) is 0 Å². The Labute approximate surface area is 204 Å². The second kappa shape index (κ2) is 11.8. The van der Waals surface area contributed by atoms with E-state index >= 15 is 0 Å². The zero-order valence-electron chi connectivity index (χ0n) is 20.0. The molecule has 1 aliphatic rings. The topological polar surface area (TPSA) is 128 Å². The minimum absolute atomic E-state index is 0.279. The molecule has 0 aromatic heterocycles. The number of carbonyl (C=O) groups excluding carboxylic acids is 3. The van der Waals surface area contributed by atoms with Gasteiger partial charge in [0.1, 0.15) is 12.1 Å². The molecule has 3 rings (SSSR count). The van der Waals surface area contributed by atoms with E-state index in [-0.39, 0.29) is 13.1 Å². The van der Waals surface area contributed by atoms with Crippen molar-refractivity contribution >= 4 is 18.0 Å². The second-order valence-corrected chi connectivity index (χ2v) is 8.44. The second-order valence-electron chi connectivity index (χ2n) is 8.44. The van der Waals surface area contributed by atoms with Gasteiger partial charge in [0.05, 0.1) is 0 Å². The fourth-order valence-corrected chi connectivity index (χ4v) is 3.81. The molecule has 0 spiro atoms. The molecule has 0 bridgehead atoms. The molecule has 0 saturated carbocycles. The van der Waals surface area contributed by atoms with Crippen LogP contribution < -0.4 is 5.73 Å². The molecule has 9 heteroatoms. The number of aliphatic hydroxyl groups is 1. The van der Waals surface area contributed by atoms with Gasteiger partial charge in [-0.1, -0.05) is 67.6 Å². The third-order valence-corrected chi connectivity index (χ3v) is 5.94. The van der Waals surface area contributed by atoms with E-state index in [1.54, 1.807) is 67.6 Å². The number of rotatable bonds is 8. The zero-order valence-corrected chi connectivity index (χ0v) is 20.0. The van der Waals surface area contributed by atoms with Crippen LogP contribution in [0.5, 0.6) is 0 Å². The summed E-state index contributed by atoms with van der Waals surface area (Å²) >= 11 is 0. The van der Waals surface area contributed by atoms with Gasteiger partial charge in [0.15, 0.2) is 0 Å². The molecule has 0 radical (unpaired) electrons. The van der Waals surface area contributed by atoms with Crippen LogP contribution in [0.15, 0.2) is 60.7 Å². The van der Waals surface area contributed by atoms with Crippen molar-refractivity contribution < 1.29 is 33.7 Å². The highest BCUT2D eigenvalue weighted by Crippen LogP contribution is 2.32. The van der Waals surface area contributed by atoms with E-state index in [1.807, 2.05) is 0 Å². The van der Waals surface area contributed by atoms with Gasteiger partial charge in [-0.3, -0.25) is 4.79 Å². The van der Waals surface area contributed by atoms with Gasteiger partial charge in [-0.05, 0) is 17.5 Å². The van der Waals surface area contributed by atoms with E-state index in [9.17, 15) is 19.5 Å². The molecular formula is C26H32N2O7. The number of nitrogens with zero attached hydrogens (tertiary/aromatic N) is 1. The molecule has 2 atom stereocenters. The lowest BCUT2D eigenvalue weighted by molar-refractivity contribution is -0.170. The number of hydrogen-bond acceptors (Lipinski definition) is 8. The molecule has 2 aromatic carbocycles. The van der Waals surface area contributed by atoms with Crippen LogP contribution in [-0.2, 0) is 29.4 Å². The number of esters is 2. The van der Waals surface area contributed by atoms with Crippen molar-refractivity contribution in [3.63, 3.8) is 0 Å². The highest BCUT2D eigenvalue weighted by atomic mass is 16.7. The molecule has 1 heterocycles. The van der Waals surface area contributed by atoms with Gasteiger partial charge in [-0.2, -0.15) is 0 Å². The average Bonchev–Trinajstić information content (AvgIpc) is 2.88. The van der Waals surface area contributed by atoms with Crippen LogP contribution in [0.1, 0.15) is 44.2 Å². The normalized spacial score (nSPS) is 16.2. The lowest BCUT2D eigenvalue weighted by Crippen LogP contribution is -2.46. The average molecular weight is 485 g/mol. The van der Waals surface area contributed by atoms with Gasteiger partial charge in [0.2, 0.25) is 11.9 Å². The summed E-state index contributed by atoms with van der Waals surface area (Å²) in [6.45, 7) is 3.75. The summed E-state index contributed by atoms with van der Waals surface area (Å²) in [5.41, 5.74) is 4.46. The van der Waals surface area contributed by atoms with Crippen LogP contribution in [-0.4, -0.2) is 59.6 Å². The van der Waals surface area contributed by atoms with Crippen molar-refractivity contribution in [2.24, 2.45) is 5.73 Å². The van der Waals surface area contributed by atoms with Crippen LogP contribution in [0.4, 0.5) is 4.79 Å². The van der Waals surface area contributed by atoms with Crippen molar-refractivity contribution in [3.05, 3.63) is 71.8 Å². The zero-order chi connectivity index (χ0) is 25.4. The van der Waals surface area contributed by atoms with Gasteiger partial charge >= 0.3 is 18.0 Å². The molecule has 1 fully saturated rings. The van der Waals surface area contributed by atoms with Crippen molar-refractivity contribution in [1.82, 2.24) is 4.90 Å². The number of nitrogens with two attached hydrogens (primary N) is 1. The monoisotopic (exact) mass is 484 g/mol. The molecule has 2 aromatic rings. The Morgan fingerprint density at radius 1 is 1.00 bits per heavy atom.